The molecule has 1 fully saturated rings. The van der Waals surface area contributed by atoms with Crippen LogP contribution in [0, 0.1) is 6.92 Å². The molecule has 4 nitrogen and oxygen atoms in total. The smallest absolute Gasteiger partial charge is 0.123 e. The average Bonchev–Trinajstić information content (AvgIpc) is 2.73. The Morgan fingerprint density at radius 1 is 1.56 bits per heavy atom. The lowest BCUT2D eigenvalue weighted by atomic mass is 10.2. The van der Waals surface area contributed by atoms with Crippen molar-refractivity contribution in [2.75, 3.05) is 32.8 Å². The molecule has 1 atom stereocenters. The molecule has 2 heterocycles. The minimum absolute atomic E-state index is 0.153. The Bertz CT molecular complexity index is 378. The second-order valence-corrected chi connectivity index (χ2v) is 5.87. The van der Waals surface area contributed by atoms with Gasteiger partial charge in [-0.3, -0.25) is 4.90 Å². The van der Waals surface area contributed by atoms with E-state index in [0.29, 0.717) is 6.54 Å². The Kier molecular flexibility index (Phi) is 5.12. The predicted octanol–water partition coefficient (Wildman–Crippen LogP) is 1.74. The van der Waals surface area contributed by atoms with Gasteiger partial charge in [0, 0.05) is 18.0 Å². The minimum Gasteiger partial charge on any atom is -0.368 e. The van der Waals surface area contributed by atoms with E-state index in [2.05, 4.69) is 23.7 Å². The van der Waals surface area contributed by atoms with Crippen LogP contribution in [0.25, 0.3) is 0 Å². The number of aromatic nitrogens is 1. The summed E-state index contributed by atoms with van der Waals surface area (Å²) in [5.74, 6) is 0. The number of ether oxygens (including phenoxy) is 1. The molecule has 0 aliphatic carbocycles. The highest BCUT2D eigenvalue weighted by Crippen LogP contribution is 2.28. The Balaban J connectivity index is 2.03. The van der Waals surface area contributed by atoms with E-state index in [-0.39, 0.29) is 6.10 Å². The van der Waals surface area contributed by atoms with Crippen molar-refractivity contribution in [3.8, 4) is 0 Å². The van der Waals surface area contributed by atoms with Gasteiger partial charge in [-0.05, 0) is 32.9 Å². The molecule has 1 aliphatic heterocycles. The quantitative estimate of drug-likeness (QED) is 0.884. The Morgan fingerprint density at radius 2 is 2.39 bits per heavy atom. The first-order valence-corrected chi connectivity index (χ1v) is 7.56. The third-order valence-electron chi connectivity index (χ3n) is 3.25. The van der Waals surface area contributed by atoms with Crippen molar-refractivity contribution in [3.63, 3.8) is 0 Å². The van der Waals surface area contributed by atoms with E-state index in [0.717, 1.165) is 43.4 Å². The zero-order valence-electron chi connectivity index (χ0n) is 11.3. The molecule has 0 amide bonds. The van der Waals surface area contributed by atoms with Crippen LogP contribution in [0.1, 0.15) is 35.0 Å². The number of aryl methyl sites for hydroxylation is 1. The van der Waals surface area contributed by atoms with E-state index in [9.17, 15) is 0 Å². The molecule has 0 bridgehead atoms. The Hall–Kier alpha value is -0.490. The summed E-state index contributed by atoms with van der Waals surface area (Å²) < 4.78 is 5.86. The van der Waals surface area contributed by atoms with E-state index < -0.39 is 0 Å². The first kappa shape index (κ1) is 13.9. The molecule has 18 heavy (non-hydrogen) atoms. The summed E-state index contributed by atoms with van der Waals surface area (Å²) in [7, 11) is 0. The van der Waals surface area contributed by atoms with Crippen molar-refractivity contribution in [1.82, 2.24) is 9.88 Å². The molecular weight excluding hydrogens is 246 g/mol. The molecule has 1 unspecified atom stereocenters. The molecule has 5 heteroatoms. The third kappa shape index (κ3) is 3.29. The molecule has 2 N–H and O–H groups in total. The highest BCUT2D eigenvalue weighted by molar-refractivity contribution is 7.11. The van der Waals surface area contributed by atoms with Crippen molar-refractivity contribution in [3.05, 3.63) is 15.6 Å². The molecule has 0 aromatic carbocycles. The van der Waals surface area contributed by atoms with Gasteiger partial charge in [0.2, 0.25) is 0 Å². The standard InChI is InChI=1S/C13H23N3OS/c1-3-6-16-7-8-17-11(9-16)13-15-10(2)12(18-13)4-5-14/h11H,3-9,14H2,1-2H3. The summed E-state index contributed by atoms with van der Waals surface area (Å²) >= 11 is 1.77. The summed E-state index contributed by atoms with van der Waals surface area (Å²) in [5, 5.41) is 1.12. The van der Waals surface area contributed by atoms with Crippen LogP contribution in [-0.4, -0.2) is 42.7 Å². The fraction of sp³-hybridized carbons (Fsp3) is 0.769. The van der Waals surface area contributed by atoms with Gasteiger partial charge in [0.15, 0.2) is 0 Å². The van der Waals surface area contributed by atoms with Gasteiger partial charge in [0.1, 0.15) is 11.1 Å². The fourth-order valence-corrected chi connectivity index (χ4v) is 3.44. The Morgan fingerprint density at radius 3 is 3.11 bits per heavy atom. The van der Waals surface area contributed by atoms with E-state index in [1.165, 1.54) is 11.3 Å². The van der Waals surface area contributed by atoms with Gasteiger partial charge < -0.3 is 10.5 Å². The van der Waals surface area contributed by atoms with Crippen LogP contribution in [0.5, 0.6) is 0 Å². The summed E-state index contributed by atoms with van der Waals surface area (Å²) in [5.41, 5.74) is 6.74. The normalized spacial score (nSPS) is 21.4. The van der Waals surface area contributed by atoms with Crippen LogP contribution in [0.15, 0.2) is 0 Å². The van der Waals surface area contributed by atoms with Crippen molar-refractivity contribution in [1.29, 1.82) is 0 Å². The highest BCUT2D eigenvalue weighted by Gasteiger charge is 2.24. The number of morpholine rings is 1. The zero-order chi connectivity index (χ0) is 13.0. The van der Waals surface area contributed by atoms with E-state index in [1.54, 1.807) is 11.3 Å². The van der Waals surface area contributed by atoms with Crippen molar-refractivity contribution in [2.24, 2.45) is 5.73 Å². The average molecular weight is 269 g/mol. The van der Waals surface area contributed by atoms with Crippen LogP contribution >= 0.6 is 11.3 Å². The lowest BCUT2D eigenvalue weighted by molar-refractivity contribution is -0.0299. The predicted molar refractivity (Wildman–Crippen MR) is 75.0 cm³/mol. The van der Waals surface area contributed by atoms with Crippen LogP contribution < -0.4 is 5.73 Å². The van der Waals surface area contributed by atoms with Crippen molar-refractivity contribution >= 4 is 11.3 Å². The molecule has 1 aliphatic rings. The molecule has 0 radical (unpaired) electrons. The van der Waals surface area contributed by atoms with Crippen LogP contribution in [0.3, 0.4) is 0 Å². The van der Waals surface area contributed by atoms with Crippen LogP contribution in [-0.2, 0) is 11.2 Å². The molecule has 0 saturated carbocycles. The molecule has 1 aromatic heterocycles. The SMILES string of the molecule is CCCN1CCOC(c2nc(C)c(CCN)s2)C1. The fourth-order valence-electron chi connectivity index (χ4n) is 2.32. The van der Waals surface area contributed by atoms with E-state index in [4.69, 9.17) is 10.5 Å². The maximum absolute atomic E-state index is 5.86. The number of rotatable bonds is 5. The molecule has 1 saturated heterocycles. The van der Waals surface area contributed by atoms with Gasteiger partial charge in [-0.1, -0.05) is 6.92 Å². The van der Waals surface area contributed by atoms with Gasteiger partial charge in [-0.2, -0.15) is 0 Å². The largest absolute Gasteiger partial charge is 0.368 e. The highest BCUT2D eigenvalue weighted by atomic mass is 32.1. The molecule has 1 aromatic rings. The molecule has 0 spiro atoms. The summed E-state index contributed by atoms with van der Waals surface area (Å²) in [6.07, 6.45) is 2.28. The zero-order valence-corrected chi connectivity index (χ0v) is 12.1. The molecule has 2 rings (SSSR count). The van der Waals surface area contributed by atoms with Gasteiger partial charge >= 0.3 is 0 Å². The monoisotopic (exact) mass is 269 g/mol. The second kappa shape index (κ2) is 6.61. The van der Waals surface area contributed by atoms with E-state index >= 15 is 0 Å². The van der Waals surface area contributed by atoms with Gasteiger partial charge in [0.25, 0.3) is 0 Å². The summed E-state index contributed by atoms with van der Waals surface area (Å²) in [6, 6.07) is 0. The van der Waals surface area contributed by atoms with Gasteiger partial charge in [-0.15, -0.1) is 11.3 Å². The summed E-state index contributed by atoms with van der Waals surface area (Å²) in [6.45, 7) is 8.97. The van der Waals surface area contributed by atoms with E-state index in [1.807, 2.05) is 0 Å². The van der Waals surface area contributed by atoms with Crippen LogP contribution in [0.4, 0.5) is 0 Å². The topological polar surface area (TPSA) is 51.4 Å². The first-order chi connectivity index (χ1) is 8.74. The summed E-state index contributed by atoms with van der Waals surface area (Å²) in [4.78, 5) is 8.43. The maximum atomic E-state index is 5.86. The number of hydrogen-bond donors (Lipinski definition) is 1. The number of thiazole rings is 1. The van der Waals surface area contributed by atoms with Gasteiger partial charge in [0.05, 0.1) is 12.3 Å². The first-order valence-electron chi connectivity index (χ1n) is 6.74. The Labute approximate surface area is 113 Å². The number of hydrogen-bond acceptors (Lipinski definition) is 5. The van der Waals surface area contributed by atoms with Crippen molar-refractivity contribution < 1.29 is 4.74 Å². The second-order valence-electron chi connectivity index (χ2n) is 4.76. The lowest BCUT2D eigenvalue weighted by Crippen LogP contribution is -2.38. The lowest BCUT2D eigenvalue weighted by Gasteiger charge is -2.31. The van der Waals surface area contributed by atoms with Crippen LogP contribution in [0.2, 0.25) is 0 Å². The van der Waals surface area contributed by atoms with Crippen molar-refractivity contribution in [2.45, 2.75) is 32.8 Å². The minimum atomic E-state index is 0.153. The number of nitrogens with two attached hydrogens (primary N) is 1. The molecular formula is C13H23N3OS. The maximum Gasteiger partial charge on any atom is 0.123 e. The van der Waals surface area contributed by atoms with Gasteiger partial charge in [-0.25, -0.2) is 4.98 Å². The molecule has 102 valence electrons. The number of nitrogens with zero attached hydrogens (tertiary/aromatic N) is 2. The third-order valence-corrected chi connectivity index (χ3v) is 4.56.